The molecule has 0 N–H and O–H groups in total. The molecule has 0 saturated carbocycles. The van der Waals surface area contributed by atoms with Crippen LogP contribution in [0.25, 0.3) is 0 Å². The number of imide groups is 1. The summed E-state index contributed by atoms with van der Waals surface area (Å²) < 4.78 is 5.80. The first-order valence-corrected chi connectivity index (χ1v) is 10.4. The third-order valence-electron chi connectivity index (χ3n) is 5.71. The summed E-state index contributed by atoms with van der Waals surface area (Å²) in [5.74, 6) is -0.344. The Morgan fingerprint density at radius 1 is 1.03 bits per heavy atom. The summed E-state index contributed by atoms with van der Waals surface area (Å²) in [4.78, 5) is 41.2. The van der Waals surface area contributed by atoms with Crippen LogP contribution in [0.4, 0.5) is 0 Å². The second kappa shape index (κ2) is 8.35. The summed E-state index contributed by atoms with van der Waals surface area (Å²) in [5, 5.41) is 2.70. The fourth-order valence-electron chi connectivity index (χ4n) is 4.14. The minimum Gasteiger partial charge on any atom is -0.489 e. The number of ether oxygens (including phenoxy) is 1. The molecule has 160 valence electrons. The average molecular weight is 419 g/mol. The number of carbonyl (C=O) groups excluding carboxylic acids is 3. The second-order valence-corrected chi connectivity index (χ2v) is 7.39. The number of benzene rings is 2. The molecule has 2 aliphatic rings. The van der Waals surface area contributed by atoms with Crippen molar-refractivity contribution in [3.8, 4) is 5.75 Å². The number of hydrazine groups is 1. The van der Waals surface area contributed by atoms with Crippen molar-refractivity contribution in [1.29, 1.82) is 0 Å². The molecule has 1 fully saturated rings. The number of hydrogen-bond donors (Lipinski definition) is 0. The van der Waals surface area contributed by atoms with Crippen LogP contribution in [0.5, 0.6) is 5.75 Å². The van der Waals surface area contributed by atoms with Crippen molar-refractivity contribution in [3.05, 3.63) is 77.9 Å². The smallest absolute Gasteiger partial charge is 0.276 e. The number of amides is 3. The van der Waals surface area contributed by atoms with Crippen molar-refractivity contribution in [2.75, 3.05) is 19.7 Å². The lowest BCUT2D eigenvalue weighted by atomic mass is 10.1. The number of carbonyl (C=O) groups is 3. The van der Waals surface area contributed by atoms with Crippen LogP contribution in [-0.4, -0.2) is 58.4 Å². The predicted molar refractivity (Wildman–Crippen MR) is 115 cm³/mol. The first kappa shape index (κ1) is 20.8. The van der Waals surface area contributed by atoms with Crippen LogP contribution < -0.4 is 4.74 Å². The highest BCUT2D eigenvalue weighted by Crippen LogP contribution is 2.50. The Labute approximate surface area is 181 Å². The summed E-state index contributed by atoms with van der Waals surface area (Å²) in [7, 11) is 0. The number of para-hydroxylation sites is 1. The van der Waals surface area contributed by atoms with Crippen molar-refractivity contribution in [3.63, 3.8) is 0 Å². The van der Waals surface area contributed by atoms with E-state index in [9.17, 15) is 14.4 Å². The minimum atomic E-state index is -0.657. The van der Waals surface area contributed by atoms with Crippen LogP contribution in [0.2, 0.25) is 0 Å². The Morgan fingerprint density at radius 2 is 1.61 bits per heavy atom. The molecule has 0 aliphatic carbocycles. The van der Waals surface area contributed by atoms with E-state index in [4.69, 9.17) is 4.74 Å². The summed E-state index contributed by atoms with van der Waals surface area (Å²) >= 11 is 0. The van der Waals surface area contributed by atoms with Crippen molar-refractivity contribution >= 4 is 17.7 Å². The van der Waals surface area contributed by atoms with Gasteiger partial charge in [-0.3, -0.25) is 14.4 Å². The van der Waals surface area contributed by atoms with E-state index in [-0.39, 0.29) is 5.91 Å². The van der Waals surface area contributed by atoms with Gasteiger partial charge in [0.05, 0.1) is 17.2 Å². The van der Waals surface area contributed by atoms with Gasteiger partial charge in [0.15, 0.2) is 0 Å². The van der Waals surface area contributed by atoms with Gasteiger partial charge in [0, 0.05) is 18.7 Å². The van der Waals surface area contributed by atoms with Crippen LogP contribution in [0, 0.1) is 0 Å². The SMILES string of the molecule is C=CCOc1ccccc1[C@H]1[C@H](C(=O)N(CC)CC)N1N1C(=O)c2ccccc2C1=O. The van der Waals surface area contributed by atoms with Gasteiger partial charge in [0.25, 0.3) is 11.8 Å². The number of likely N-dealkylation sites (N-methyl/N-ethyl adjacent to an activating group) is 1. The fourth-order valence-corrected chi connectivity index (χ4v) is 4.14. The van der Waals surface area contributed by atoms with E-state index in [1.165, 1.54) is 0 Å². The van der Waals surface area contributed by atoms with E-state index in [1.807, 2.05) is 38.1 Å². The quantitative estimate of drug-likeness (QED) is 0.374. The van der Waals surface area contributed by atoms with Gasteiger partial charge in [-0.05, 0) is 32.0 Å². The molecule has 3 atom stereocenters. The zero-order valence-corrected chi connectivity index (χ0v) is 17.7. The molecule has 1 saturated heterocycles. The molecule has 7 nitrogen and oxygen atoms in total. The van der Waals surface area contributed by atoms with Gasteiger partial charge in [0.1, 0.15) is 18.4 Å². The highest BCUT2D eigenvalue weighted by atomic mass is 16.5. The van der Waals surface area contributed by atoms with E-state index in [0.29, 0.717) is 36.6 Å². The summed E-state index contributed by atoms with van der Waals surface area (Å²) in [6.45, 7) is 8.90. The van der Waals surface area contributed by atoms with Crippen LogP contribution in [0.15, 0.2) is 61.2 Å². The Kier molecular flexibility index (Phi) is 5.61. The van der Waals surface area contributed by atoms with E-state index >= 15 is 0 Å². The summed E-state index contributed by atoms with van der Waals surface area (Å²) in [6.07, 6.45) is 1.64. The van der Waals surface area contributed by atoms with E-state index in [2.05, 4.69) is 6.58 Å². The van der Waals surface area contributed by atoms with Crippen molar-refractivity contribution in [2.45, 2.75) is 25.9 Å². The second-order valence-electron chi connectivity index (χ2n) is 7.39. The van der Waals surface area contributed by atoms with Gasteiger partial charge in [-0.2, -0.15) is 5.01 Å². The Hall–Kier alpha value is -3.45. The molecule has 0 radical (unpaired) electrons. The Balaban J connectivity index is 1.74. The molecule has 2 heterocycles. The highest BCUT2D eigenvalue weighted by molar-refractivity contribution is 6.21. The lowest BCUT2D eigenvalue weighted by Crippen LogP contribution is -2.41. The molecule has 2 aliphatic heterocycles. The number of nitrogens with zero attached hydrogens (tertiary/aromatic N) is 3. The summed E-state index contributed by atoms with van der Waals surface area (Å²) in [6, 6.07) is 13.0. The van der Waals surface area contributed by atoms with Crippen LogP contribution in [0.1, 0.15) is 46.2 Å². The summed E-state index contributed by atoms with van der Waals surface area (Å²) in [5.41, 5.74) is 1.46. The number of hydrogen-bond acceptors (Lipinski definition) is 5. The van der Waals surface area contributed by atoms with Gasteiger partial charge in [0.2, 0.25) is 5.91 Å². The maximum absolute atomic E-state index is 13.3. The zero-order valence-electron chi connectivity index (χ0n) is 17.7. The largest absolute Gasteiger partial charge is 0.489 e. The first-order valence-electron chi connectivity index (χ1n) is 10.4. The molecule has 4 rings (SSSR count). The molecule has 0 aromatic heterocycles. The number of fused-ring (bicyclic) bond motifs is 1. The Morgan fingerprint density at radius 3 is 2.19 bits per heavy atom. The molecule has 0 bridgehead atoms. The van der Waals surface area contributed by atoms with Gasteiger partial charge in [-0.25, -0.2) is 5.01 Å². The van der Waals surface area contributed by atoms with Gasteiger partial charge >= 0.3 is 0 Å². The standard InChI is InChI=1S/C24H25N3O4/c1-4-15-31-19-14-10-9-13-18(19)20-21(24(30)25(5-2)6-3)26(20)27-22(28)16-11-7-8-12-17(16)23(27)29/h4,7-14,20-21H,1,5-6,15H2,2-3H3/t20-,21+,26?/m0/s1. The third-order valence-corrected chi connectivity index (χ3v) is 5.71. The maximum atomic E-state index is 13.3. The maximum Gasteiger partial charge on any atom is 0.276 e. The average Bonchev–Trinajstić information content (AvgIpc) is 3.47. The van der Waals surface area contributed by atoms with Crippen LogP contribution in [0.3, 0.4) is 0 Å². The van der Waals surface area contributed by atoms with Crippen LogP contribution >= 0.6 is 0 Å². The molecular weight excluding hydrogens is 394 g/mol. The third kappa shape index (κ3) is 3.41. The van der Waals surface area contributed by atoms with E-state index in [1.54, 1.807) is 40.3 Å². The van der Waals surface area contributed by atoms with Gasteiger partial charge < -0.3 is 9.64 Å². The normalized spacial score (nSPS) is 21.6. The molecule has 1 unspecified atom stereocenters. The molecule has 2 aromatic rings. The van der Waals surface area contributed by atoms with E-state index in [0.717, 1.165) is 10.6 Å². The Bertz CT molecular complexity index is 1010. The van der Waals surface area contributed by atoms with Gasteiger partial charge in [-0.1, -0.05) is 43.0 Å². The number of rotatable bonds is 8. The predicted octanol–water partition coefficient (Wildman–Crippen LogP) is 3.06. The minimum absolute atomic E-state index is 0.120. The lowest BCUT2D eigenvalue weighted by molar-refractivity contribution is -0.131. The topological polar surface area (TPSA) is 69.9 Å². The molecule has 2 aromatic carbocycles. The van der Waals surface area contributed by atoms with Crippen LogP contribution in [-0.2, 0) is 4.79 Å². The lowest BCUT2D eigenvalue weighted by Gasteiger charge is -2.20. The molecular formula is C24H25N3O4. The first-order chi connectivity index (χ1) is 15.0. The molecule has 0 spiro atoms. The van der Waals surface area contributed by atoms with Crippen molar-refractivity contribution < 1.29 is 19.1 Å². The molecule has 7 heteroatoms. The highest BCUT2D eigenvalue weighted by Gasteiger charge is 2.62. The molecule has 3 amide bonds. The zero-order chi connectivity index (χ0) is 22.1. The van der Waals surface area contributed by atoms with Crippen molar-refractivity contribution in [1.82, 2.24) is 14.9 Å². The monoisotopic (exact) mass is 419 g/mol. The van der Waals surface area contributed by atoms with Gasteiger partial charge in [-0.15, -0.1) is 0 Å². The molecule has 31 heavy (non-hydrogen) atoms. The fraction of sp³-hybridized carbons (Fsp3) is 0.292. The van der Waals surface area contributed by atoms with Crippen molar-refractivity contribution in [2.24, 2.45) is 0 Å². The van der Waals surface area contributed by atoms with E-state index < -0.39 is 23.9 Å².